The fraction of sp³-hybridized carbons (Fsp3) is 0.531. The Bertz CT molecular complexity index is 2260. The molecule has 0 spiro atoms. The first-order valence-corrected chi connectivity index (χ1v) is 23.6. The molecule has 1 aromatic heterocycles. The number of likely N-dealkylation sites (tertiary alicyclic amines) is 2. The molecule has 2 aliphatic heterocycles. The van der Waals surface area contributed by atoms with Gasteiger partial charge in [0.25, 0.3) is 11.8 Å². The first-order chi connectivity index (χ1) is 33.3. The predicted octanol–water partition coefficient (Wildman–Crippen LogP) is 0.997. The highest BCUT2D eigenvalue weighted by molar-refractivity contribution is 5.99. The molecular formula is C49H68F2N12O8. The van der Waals surface area contributed by atoms with Gasteiger partial charge in [-0.05, 0) is 87.0 Å². The maximum absolute atomic E-state index is 14.4. The molecule has 8 amide bonds. The van der Waals surface area contributed by atoms with Crippen molar-refractivity contribution in [3.05, 3.63) is 88.7 Å². The third kappa shape index (κ3) is 14.4. The minimum Gasteiger partial charge on any atom is -0.350 e. The number of aromatic amines is 1. The molecule has 2 fully saturated rings. The van der Waals surface area contributed by atoms with E-state index in [-0.39, 0.29) is 50.4 Å². The summed E-state index contributed by atoms with van der Waals surface area (Å²) >= 11 is 0. The number of nitrogens with zero attached hydrogens (tertiary/aromatic N) is 3. The van der Waals surface area contributed by atoms with Gasteiger partial charge < -0.3 is 52.3 Å². The van der Waals surface area contributed by atoms with Gasteiger partial charge in [-0.25, -0.2) is 8.78 Å². The van der Waals surface area contributed by atoms with E-state index in [2.05, 4.69) is 52.7 Å². The molecule has 2 aliphatic rings. The molecule has 3 aromatic rings. The first kappa shape index (κ1) is 55.1. The zero-order chi connectivity index (χ0) is 52.5. The summed E-state index contributed by atoms with van der Waals surface area (Å²) in [4.78, 5) is 113. The number of hydrogen-bond acceptors (Lipinski definition) is 11. The van der Waals surface area contributed by atoms with Crippen molar-refractivity contribution in [2.45, 2.75) is 130 Å². The third-order valence-electron chi connectivity index (χ3n) is 12.7. The number of H-pyrrole nitrogens is 1. The second-order valence-electron chi connectivity index (χ2n) is 20.3. The smallest absolute Gasteiger partial charge is 0.272 e. The molecule has 0 radical (unpaired) electrons. The zero-order valence-electron chi connectivity index (χ0n) is 41.9. The Kier molecular flexibility index (Phi) is 18.2. The van der Waals surface area contributed by atoms with E-state index >= 15 is 0 Å². The van der Waals surface area contributed by atoms with Crippen LogP contribution in [-0.4, -0.2) is 143 Å². The highest BCUT2D eigenvalue weighted by atomic mass is 19.1. The number of rotatable bonds is 18. The Morgan fingerprint density at radius 2 is 1.01 bits per heavy atom. The van der Waals surface area contributed by atoms with E-state index in [4.69, 9.17) is 0 Å². The van der Waals surface area contributed by atoms with E-state index < -0.39 is 118 Å². The lowest BCUT2D eigenvalue weighted by molar-refractivity contribution is -0.144. The number of hydrogen-bond donors (Lipinski definition) is 9. The van der Waals surface area contributed by atoms with Crippen LogP contribution in [0.2, 0.25) is 0 Å². The molecule has 2 saturated heterocycles. The number of halogens is 2. The molecule has 2 aromatic carbocycles. The van der Waals surface area contributed by atoms with Gasteiger partial charge in [0, 0.05) is 44.3 Å². The van der Waals surface area contributed by atoms with Crippen LogP contribution >= 0.6 is 0 Å². The van der Waals surface area contributed by atoms with Crippen LogP contribution in [0.5, 0.6) is 0 Å². The van der Waals surface area contributed by atoms with Crippen LogP contribution in [0.15, 0.2) is 54.6 Å². The molecular weight excluding hydrogens is 923 g/mol. The Labute approximate surface area is 412 Å². The standard InChI is InChI=1S/C49H68F2N12O8/c1-26(52-9)40(64)58-38(48(3,4)5)46(70)62-24-32(19-36(62)44(68)54-22-28-11-15-30(50)16-12-28)56-42(66)34-21-35(61-60-34)43(67)57-33-20-37(45(69)55-23-29-13-17-31(51)18-14-29)63(25-33)47(71)39(49(6,7)8)59-41(65)27(2)53-10/h11-18,21,26-27,32-33,36-39,52-53H,19-20,22-25H2,1-10H3,(H,54,68)(H,55,69)(H,56,66)(H,57,67)(H,58,64)(H,59,65)(H,60,61)/t26-,27-,32-,33-,36-,37-,38+,39+/m0/s1. The van der Waals surface area contributed by atoms with Crippen molar-refractivity contribution in [2.75, 3.05) is 27.2 Å². The van der Waals surface area contributed by atoms with Crippen molar-refractivity contribution < 1.29 is 47.1 Å². The average molecular weight is 991 g/mol. The average Bonchev–Trinajstić information content (AvgIpc) is 4.10. The molecule has 0 unspecified atom stereocenters. The van der Waals surface area contributed by atoms with Crippen molar-refractivity contribution in [1.29, 1.82) is 0 Å². The van der Waals surface area contributed by atoms with Crippen molar-refractivity contribution in [3.63, 3.8) is 0 Å². The molecule has 5 rings (SSSR count). The summed E-state index contributed by atoms with van der Waals surface area (Å²) in [5, 5.41) is 29.2. The van der Waals surface area contributed by atoms with E-state index in [9.17, 15) is 47.1 Å². The van der Waals surface area contributed by atoms with Gasteiger partial charge in [0.15, 0.2) is 5.69 Å². The highest BCUT2D eigenvalue weighted by Gasteiger charge is 2.47. The van der Waals surface area contributed by atoms with Gasteiger partial charge in [-0.15, -0.1) is 0 Å². The Morgan fingerprint density at radius 1 is 0.634 bits per heavy atom. The van der Waals surface area contributed by atoms with Crippen molar-refractivity contribution in [2.24, 2.45) is 10.8 Å². The van der Waals surface area contributed by atoms with Gasteiger partial charge in [-0.1, -0.05) is 65.8 Å². The molecule has 9 N–H and O–H groups in total. The Morgan fingerprint density at radius 3 is 1.38 bits per heavy atom. The molecule has 8 atom stereocenters. The number of carbonyl (C=O) groups is 8. The summed E-state index contributed by atoms with van der Waals surface area (Å²) < 4.78 is 27.2. The largest absolute Gasteiger partial charge is 0.350 e. The monoisotopic (exact) mass is 991 g/mol. The number of nitrogens with one attached hydrogen (secondary N) is 9. The van der Waals surface area contributed by atoms with Crippen molar-refractivity contribution in [1.82, 2.24) is 62.5 Å². The van der Waals surface area contributed by atoms with Crippen LogP contribution in [-0.2, 0) is 41.9 Å². The molecule has 20 nitrogen and oxygen atoms in total. The van der Waals surface area contributed by atoms with Gasteiger partial charge >= 0.3 is 0 Å². The molecule has 0 saturated carbocycles. The van der Waals surface area contributed by atoms with Crippen LogP contribution in [0.4, 0.5) is 8.78 Å². The number of benzene rings is 2. The number of aromatic nitrogens is 2. The first-order valence-electron chi connectivity index (χ1n) is 23.6. The van der Waals surface area contributed by atoms with Crippen LogP contribution in [0.3, 0.4) is 0 Å². The lowest BCUT2D eigenvalue weighted by Gasteiger charge is -2.36. The van der Waals surface area contributed by atoms with Crippen LogP contribution < -0.4 is 42.5 Å². The topological polar surface area (TPSA) is 268 Å². The van der Waals surface area contributed by atoms with Gasteiger partial charge in [0.05, 0.1) is 12.1 Å². The Hall–Kier alpha value is -6.81. The van der Waals surface area contributed by atoms with E-state index in [1.54, 1.807) is 69.5 Å². The molecule has 71 heavy (non-hydrogen) atoms. The summed E-state index contributed by atoms with van der Waals surface area (Å²) in [6.07, 6.45) is -0.0399. The summed E-state index contributed by atoms with van der Waals surface area (Å²) in [5.41, 5.74) is -0.704. The normalized spacial score (nSPS) is 19.7. The van der Waals surface area contributed by atoms with E-state index in [1.807, 2.05) is 0 Å². The quantitative estimate of drug-likeness (QED) is 0.0868. The van der Waals surface area contributed by atoms with Crippen LogP contribution in [0.25, 0.3) is 0 Å². The predicted molar refractivity (Wildman–Crippen MR) is 258 cm³/mol. The van der Waals surface area contributed by atoms with Gasteiger partial charge in [-0.2, -0.15) is 5.10 Å². The van der Waals surface area contributed by atoms with E-state index in [0.717, 1.165) is 0 Å². The number of carbonyl (C=O) groups excluding carboxylic acids is 8. The van der Waals surface area contributed by atoms with Gasteiger partial charge in [0.1, 0.15) is 41.5 Å². The number of likely N-dealkylation sites (N-methyl/N-ethyl adjacent to an activating group) is 2. The van der Waals surface area contributed by atoms with E-state index in [0.29, 0.717) is 11.1 Å². The fourth-order valence-corrected chi connectivity index (χ4v) is 8.19. The molecule has 22 heteroatoms. The van der Waals surface area contributed by atoms with Gasteiger partial charge in [0.2, 0.25) is 35.4 Å². The fourth-order valence-electron chi connectivity index (χ4n) is 8.19. The molecule has 0 bridgehead atoms. The zero-order valence-corrected chi connectivity index (χ0v) is 41.9. The van der Waals surface area contributed by atoms with Crippen molar-refractivity contribution in [3.8, 4) is 0 Å². The summed E-state index contributed by atoms with van der Waals surface area (Å²) in [7, 11) is 3.21. The second-order valence-corrected chi connectivity index (χ2v) is 20.3. The lowest BCUT2D eigenvalue weighted by atomic mass is 9.85. The lowest BCUT2D eigenvalue weighted by Crippen LogP contribution is -2.59. The maximum Gasteiger partial charge on any atom is 0.272 e. The summed E-state index contributed by atoms with van der Waals surface area (Å²) in [5.74, 6) is -5.36. The molecule has 386 valence electrons. The maximum atomic E-state index is 14.4. The minimum absolute atomic E-state index is 0.0181. The third-order valence-corrected chi connectivity index (χ3v) is 12.7. The number of amides is 8. The van der Waals surface area contributed by atoms with E-state index in [1.165, 1.54) is 64.4 Å². The van der Waals surface area contributed by atoms with Crippen molar-refractivity contribution >= 4 is 47.3 Å². The summed E-state index contributed by atoms with van der Waals surface area (Å²) in [6, 6.07) is 5.17. The summed E-state index contributed by atoms with van der Waals surface area (Å²) in [6.45, 7) is 13.7. The second kappa shape index (κ2) is 23.4. The van der Waals surface area contributed by atoms with Crippen LogP contribution in [0.1, 0.15) is 100 Å². The Balaban J connectivity index is 1.31. The highest BCUT2D eigenvalue weighted by Crippen LogP contribution is 2.29. The molecule has 0 aliphatic carbocycles. The molecule has 3 heterocycles. The van der Waals surface area contributed by atoms with Crippen LogP contribution in [0, 0.1) is 22.5 Å². The minimum atomic E-state index is -1.09. The van der Waals surface area contributed by atoms with Gasteiger partial charge in [-0.3, -0.25) is 43.5 Å². The SMILES string of the molecule is CN[C@@H](C)C(=O)N[C@H](C(=O)N1C[C@@H](NC(=O)c2cc(C(=O)N[C@H]3C[C@@H](C(=O)NCc4ccc(F)cc4)N(C(=O)[C@@H](NC(=O)[C@H](C)NC)C(C)(C)C)C3)[nH]n2)C[C@H]1C(=O)NCc1ccc(F)cc1)C(C)(C)C.